The Balaban J connectivity index is 1.36. The van der Waals surface area contributed by atoms with Crippen LogP contribution in [0.2, 0.25) is 0 Å². The van der Waals surface area contributed by atoms with E-state index < -0.39 is 10.0 Å². The van der Waals surface area contributed by atoms with Gasteiger partial charge in [-0.2, -0.15) is 0 Å². The van der Waals surface area contributed by atoms with E-state index in [0.29, 0.717) is 17.4 Å². The molecule has 6 nitrogen and oxygen atoms in total. The van der Waals surface area contributed by atoms with Crippen LogP contribution in [0.4, 0.5) is 5.82 Å². The van der Waals surface area contributed by atoms with Gasteiger partial charge in [-0.05, 0) is 41.7 Å². The molecule has 0 aliphatic carbocycles. The van der Waals surface area contributed by atoms with E-state index in [2.05, 4.69) is 19.6 Å². The van der Waals surface area contributed by atoms with E-state index in [1.807, 2.05) is 30.3 Å². The normalized spacial score (nSPS) is 15.9. The second kappa shape index (κ2) is 7.62. The van der Waals surface area contributed by atoms with Gasteiger partial charge in [0, 0.05) is 32.0 Å². The zero-order valence-electron chi connectivity index (χ0n) is 15.0. The van der Waals surface area contributed by atoms with Gasteiger partial charge in [0.25, 0.3) is 0 Å². The summed E-state index contributed by atoms with van der Waals surface area (Å²) in [6.45, 7) is 2.19. The van der Waals surface area contributed by atoms with Crippen molar-refractivity contribution in [2.45, 2.75) is 17.7 Å². The minimum absolute atomic E-state index is 0.318. The summed E-state index contributed by atoms with van der Waals surface area (Å²) in [6, 6.07) is 13.0. The third-order valence-corrected chi connectivity index (χ3v) is 6.50. The Bertz CT molecular complexity index is 1020. The summed E-state index contributed by atoms with van der Waals surface area (Å²) in [5.41, 5.74) is 0. The predicted octanol–water partition coefficient (Wildman–Crippen LogP) is 2.82. The van der Waals surface area contributed by atoms with Crippen LogP contribution in [0.3, 0.4) is 0 Å². The maximum absolute atomic E-state index is 12.7. The van der Waals surface area contributed by atoms with E-state index >= 15 is 0 Å². The lowest BCUT2D eigenvalue weighted by Crippen LogP contribution is -2.39. The fraction of sp³-hybridized carbons (Fsp3) is 0.300. The first-order valence-corrected chi connectivity index (χ1v) is 10.6. The first kappa shape index (κ1) is 17.9. The van der Waals surface area contributed by atoms with Gasteiger partial charge in [-0.3, -0.25) is 4.98 Å². The SMILES string of the molecule is O=S(=O)(NCC1CCN(c2cnccn2)CC1)c1ccc2ccccc2c1. The minimum atomic E-state index is -3.50. The van der Waals surface area contributed by atoms with Crippen LogP contribution in [-0.4, -0.2) is 38.0 Å². The number of nitrogens with one attached hydrogen (secondary N) is 1. The van der Waals surface area contributed by atoms with Crippen LogP contribution >= 0.6 is 0 Å². The molecule has 1 aliphatic rings. The van der Waals surface area contributed by atoms with Gasteiger partial charge in [0.05, 0.1) is 11.1 Å². The van der Waals surface area contributed by atoms with Crippen molar-refractivity contribution in [3.63, 3.8) is 0 Å². The second-order valence-electron chi connectivity index (χ2n) is 6.85. The van der Waals surface area contributed by atoms with Crippen molar-refractivity contribution >= 4 is 26.6 Å². The van der Waals surface area contributed by atoms with Gasteiger partial charge in [0.2, 0.25) is 10.0 Å². The highest BCUT2D eigenvalue weighted by Gasteiger charge is 2.22. The summed E-state index contributed by atoms with van der Waals surface area (Å²) < 4.78 is 28.1. The molecule has 140 valence electrons. The van der Waals surface area contributed by atoms with Crippen LogP contribution < -0.4 is 9.62 Å². The topological polar surface area (TPSA) is 75.2 Å². The zero-order valence-corrected chi connectivity index (χ0v) is 15.8. The van der Waals surface area contributed by atoms with Crippen LogP contribution in [0.1, 0.15) is 12.8 Å². The van der Waals surface area contributed by atoms with Crippen LogP contribution in [0.5, 0.6) is 0 Å². The van der Waals surface area contributed by atoms with Gasteiger partial charge < -0.3 is 4.90 Å². The molecular formula is C20H22N4O2S. The van der Waals surface area contributed by atoms with Gasteiger partial charge in [0.1, 0.15) is 5.82 Å². The van der Waals surface area contributed by atoms with Crippen molar-refractivity contribution in [3.05, 3.63) is 61.1 Å². The van der Waals surface area contributed by atoms with E-state index in [1.165, 1.54) is 0 Å². The zero-order chi connectivity index (χ0) is 18.7. The molecule has 0 saturated carbocycles. The van der Waals surface area contributed by atoms with Crippen molar-refractivity contribution in [2.75, 3.05) is 24.5 Å². The average molecular weight is 382 g/mol. The maximum Gasteiger partial charge on any atom is 0.240 e. The summed E-state index contributed by atoms with van der Waals surface area (Å²) in [5, 5.41) is 1.96. The molecule has 1 N–H and O–H groups in total. The number of hydrogen-bond donors (Lipinski definition) is 1. The molecule has 4 rings (SSSR count). The summed E-state index contributed by atoms with van der Waals surface area (Å²) in [5.74, 6) is 1.21. The Hall–Kier alpha value is -2.51. The molecule has 2 heterocycles. The number of nitrogens with zero attached hydrogens (tertiary/aromatic N) is 3. The number of sulfonamides is 1. The molecule has 0 spiro atoms. The maximum atomic E-state index is 12.7. The summed E-state index contributed by atoms with van der Waals surface area (Å²) in [4.78, 5) is 10.9. The van der Waals surface area contributed by atoms with Crippen molar-refractivity contribution < 1.29 is 8.42 Å². The Kier molecular flexibility index (Phi) is 5.05. The molecule has 0 bridgehead atoms. The lowest BCUT2D eigenvalue weighted by Gasteiger charge is -2.32. The summed E-state index contributed by atoms with van der Waals surface area (Å²) in [6.07, 6.45) is 6.98. The number of anilines is 1. The van der Waals surface area contributed by atoms with E-state index in [1.54, 1.807) is 30.7 Å². The molecule has 0 unspecified atom stereocenters. The lowest BCUT2D eigenvalue weighted by atomic mass is 9.97. The molecule has 7 heteroatoms. The van der Waals surface area contributed by atoms with Gasteiger partial charge in [0.15, 0.2) is 0 Å². The van der Waals surface area contributed by atoms with Crippen LogP contribution in [0, 0.1) is 5.92 Å². The third-order valence-electron chi connectivity index (χ3n) is 5.08. The fourth-order valence-electron chi connectivity index (χ4n) is 3.47. The summed E-state index contributed by atoms with van der Waals surface area (Å²) in [7, 11) is -3.50. The average Bonchev–Trinajstić information content (AvgIpc) is 2.73. The molecular weight excluding hydrogens is 360 g/mol. The van der Waals surface area contributed by atoms with E-state index in [-0.39, 0.29) is 0 Å². The second-order valence-corrected chi connectivity index (χ2v) is 8.62. The minimum Gasteiger partial charge on any atom is -0.355 e. The predicted molar refractivity (Wildman–Crippen MR) is 106 cm³/mol. The fourth-order valence-corrected chi connectivity index (χ4v) is 4.62. The number of piperidine rings is 1. The Morgan fingerprint density at radius 3 is 2.56 bits per heavy atom. The van der Waals surface area contributed by atoms with Gasteiger partial charge in [-0.25, -0.2) is 18.1 Å². The highest BCUT2D eigenvalue weighted by Crippen LogP contribution is 2.22. The van der Waals surface area contributed by atoms with Crippen molar-refractivity contribution in [3.8, 4) is 0 Å². The standard InChI is InChI=1S/C20H22N4O2S/c25-27(26,19-6-5-17-3-1-2-4-18(17)13-19)23-14-16-7-11-24(12-8-16)20-15-21-9-10-22-20/h1-6,9-10,13,15-16,23H,7-8,11-12,14H2. The van der Waals surface area contributed by atoms with Crippen molar-refractivity contribution in [1.29, 1.82) is 0 Å². The molecule has 27 heavy (non-hydrogen) atoms. The molecule has 1 fully saturated rings. The Morgan fingerprint density at radius 1 is 1.04 bits per heavy atom. The Labute approximate surface area is 159 Å². The molecule has 0 amide bonds. The molecule has 1 saturated heterocycles. The lowest BCUT2D eigenvalue weighted by molar-refractivity contribution is 0.400. The molecule has 2 aromatic carbocycles. The molecule has 0 radical (unpaired) electrons. The van der Waals surface area contributed by atoms with E-state index in [4.69, 9.17) is 0 Å². The smallest absolute Gasteiger partial charge is 0.240 e. The Morgan fingerprint density at radius 2 is 1.81 bits per heavy atom. The van der Waals surface area contributed by atoms with Crippen molar-refractivity contribution in [1.82, 2.24) is 14.7 Å². The number of hydrogen-bond acceptors (Lipinski definition) is 5. The molecule has 1 aromatic heterocycles. The van der Waals surface area contributed by atoms with Gasteiger partial charge >= 0.3 is 0 Å². The van der Waals surface area contributed by atoms with Crippen molar-refractivity contribution in [2.24, 2.45) is 5.92 Å². The largest absolute Gasteiger partial charge is 0.355 e. The number of rotatable bonds is 5. The highest BCUT2D eigenvalue weighted by atomic mass is 32.2. The van der Waals surface area contributed by atoms with Crippen LogP contribution in [0.25, 0.3) is 10.8 Å². The van der Waals surface area contributed by atoms with Gasteiger partial charge in [-0.1, -0.05) is 30.3 Å². The van der Waals surface area contributed by atoms with Gasteiger partial charge in [-0.15, -0.1) is 0 Å². The first-order chi connectivity index (χ1) is 13.1. The number of fused-ring (bicyclic) bond motifs is 1. The number of benzene rings is 2. The molecule has 1 aliphatic heterocycles. The van der Waals surface area contributed by atoms with Crippen LogP contribution in [0.15, 0.2) is 66.0 Å². The molecule has 3 aromatic rings. The third kappa shape index (κ3) is 4.09. The number of aromatic nitrogens is 2. The molecule has 0 atom stereocenters. The van der Waals surface area contributed by atoms with Crippen LogP contribution in [-0.2, 0) is 10.0 Å². The van der Waals surface area contributed by atoms with E-state index in [0.717, 1.165) is 42.5 Å². The monoisotopic (exact) mass is 382 g/mol. The highest BCUT2D eigenvalue weighted by molar-refractivity contribution is 7.89. The first-order valence-electron chi connectivity index (χ1n) is 9.11. The van der Waals surface area contributed by atoms with E-state index in [9.17, 15) is 8.42 Å². The quantitative estimate of drug-likeness (QED) is 0.734. The summed E-state index contributed by atoms with van der Waals surface area (Å²) >= 11 is 0.